The molecule has 8 bridgehead atoms. The molecule has 0 atom stereocenters. The van der Waals surface area contributed by atoms with Crippen molar-refractivity contribution in [2.24, 2.45) is 0 Å². The van der Waals surface area contributed by atoms with Gasteiger partial charge >= 0.3 is 0 Å². The summed E-state index contributed by atoms with van der Waals surface area (Å²) in [5.74, 6) is 0. The van der Waals surface area contributed by atoms with E-state index in [2.05, 4.69) is 58.8 Å². The molecule has 17 rings (SSSR count). The molecule has 15 nitrogen and oxygen atoms in total. The molecule has 15 aromatic rings. The normalized spacial score (nSPS) is 11.8. The van der Waals surface area contributed by atoms with Crippen LogP contribution in [0.3, 0.4) is 0 Å². The predicted octanol–water partition coefficient (Wildman–Crippen LogP) is 18.6. The predicted molar refractivity (Wildman–Crippen MR) is 377 cm³/mol. The molecule has 2 N–H and O–H groups in total. The van der Waals surface area contributed by atoms with Gasteiger partial charge in [0.15, 0.2) is 0 Å². The Morgan fingerprint density at radius 1 is 0.305 bits per heavy atom. The summed E-state index contributed by atoms with van der Waals surface area (Å²) in [5, 5.41) is 35.9. The van der Waals surface area contributed by atoms with Gasteiger partial charge in [-0.15, -0.1) is 0 Å². The smallest absolute Gasteiger partial charge is 0.295 e. The van der Waals surface area contributed by atoms with Crippen LogP contribution in [0.1, 0.15) is 22.8 Å². The quantitative estimate of drug-likeness (QED) is 0.0848. The summed E-state index contributed by atoms with van der Waals surface area (Å²) in [7, 11) is 0. The van der Waals surface area contributed by atoms with Crippen LogP contribution in [0.25, 0.3) is 159 Å². The van der Waals surface area contributed by atoms with Gasteiger partial charge in [-0.1, -0.05) is 194 Å². The molecule has 450 valence electrons. The Kier molecular flexibility index (Phi) is 13.7. The van der Waals surface area contributed by atoms with Crippen molar-refractivity contribution in [2.75, 3.05) is 0 Å². The first kappa shape index (κ1) is 55.6. The van der Waals surface area contributed by atoms with Gasteiger partial charge in [0, 0.05) is 109 Å². The molecule has 0 saturated carbocycles. The van der Waals surface area contributed by atoms with E-state index < -0.39 is 0 Å². The van der Waals surface area contributed by atoms with Crippen LogP contribution in [0.5, 0.6) is 0 Å². The van der Waals surface area contributed by atoms with E-state index in [0.29, 0.717) is 73.1 Å². The van der Waals surface area contributed by atoms with Crippen LogP contribution in [0, 0.1) is 10.1 Å². The number of nitro groups is 1. The van der Waals surface area contributed by atoms with Crippen molar-refractivity contribution >= 4 is 52.1 Å². The fraction of sp³-hybridized carbons (Fsp3) is 0. The Morgan fingerprint density at radius 3 is 0.863 bits per heavy atom. The minimum Gasteiger partial charge on any atom is -0.354 e. The minimum atomic E-state index is -0.326. The van der Waals surface area contributed by atoms with Crippen molar-refractivity contribution in [3.05, 3.63) is 319 Å². The van der Waals surface area contributed by atoms with Crippen molar-refractivity contribution in [1.29, 1.82) is 0 Å². The van der Waals surface area contributed by atoms with Crippen molar-refractivity contribution in [3.63, 3.8) is 0 Å². The van der Waals surface area contributed by atoms with Crippen LogP contribution in [-0.2, 0) is 0 Å². The molecule has 2 aliphatic heterocycles. The van der Waals surface area contributed by atoms with E-state index in [9.17, 15) is 10.1 Å². The summed E-state index contributed by atoms with van der Waals surface area (Å²) < 4.78 is 7.49. The topological polar surface area (TPSA) is 172 Å². The van der Waals surface area contributed by atoms with Crippen molar-refractivity contribution < 1.29 is 4.92 Å². The molecule has 0 amide bonds. The van der Waals surface area contributed by atoms with E-state index in [1.165, 1.54) is 0 Å². The second kappa shape index (κ2) is 23.4. The van der Waals surface area contributed by atoms with Crippen LogP contribution in [-0.4, -0.2) is 64.0 Å². The van der Waals surface area contributed by atoms with E-state index in [1.54, 1.807) is 6.07 Å². The summed E-state index contributed by atoms with van der Waals surface area (Å²) in [6.07, 6.45) is 16.0. The second-order valence-corrected chi connectivity index (χ2v) is 23.1. The summed E-state index contributed by atoms with van der Waals surface area (Å²) in [4.78, 5) is 33.4. The van der Waals surface area contributed by atoms with Gasteiger partial charge in [0.1, 0.15) is 28.3 Å². The molecule has 0 fully saturated rings. The number of nitrogens with one attached hydrogen (secondary N) is 2. The third kappa shape index (κ3) is 10.1. The molecule has 95 heavy (non-hydrogen) atoms. The SMILES string of the molecule is O=[N+]([O-])c1cc2[nH]c1c(-c1cn(-c3ccccc3)nc1-c1ccccc1)c1nc(c(-c3cn(-c4ccccc4)nc3-c3ccccc3)c3ccc([nH]3)c(-c3cn(-c4ccccc4)nc3-c3ccccc3)c3nc(c2-c2cn(-c4ccccc4)nc2-c2ccccc2)C=C3)C=C1. The molecule has 0 radical (unpaired) electrons. The van der Waals surface area contributed by atoms with Gasteiger partial charge in [0.2, 0.25) is 0 Å². The zero-order valence-corrected chi connectivity index (χ0v) is 50.7. The third-order valence-electron chi connectivity index (χ3n) is 17.2. The highest BCUT2D eigenvalue weighted by Crippen LogP contribution is 2.47. The Hall–Kier alpha value is -13.4. The fourth-order valence-corrected chi connectivity index (χ4v) is 12.9. The summed E-state index contributed by atoms with van der Waals surface area (Å²) >= 11 is 0. The lowest BCUT2D eigenvalue weighted by atomic mass is 9.99. The lowest BCUT2D eigenvalue weighted by Gasteiger charge is -2.07. The largest absolute Gasteiger partial charge is 0.354 e. The lowest BCUT2D eigenvalue weighted by molar-refractivity contribution is -0.382. The zero-order valence-electron chi connectivity index (χ0n) is 50.7. The Balaban J connectivity index is 1.07. The number of H-pyrrole nitrogens is 2. The van der Waals surface area contributed by atoms with Crippen molar-refractivity contribution in [1.82, 2.24) is 59.1 Å². The van der Waals surface area contributed by atoms with Crippen LogP contribution >= 0.6 is 0 Å². The van der Waals surface area contributed by atoms with Crippen molar-refractivity contribution in [3.8, 4) is 112 Å². The first-order valence-corrected chi connectivity index (χ1v) is 31.1. The number of fused-ring (bicyclic) bond motifs is 8. The Bertz CT molecular complexity index is 5660. The van der Waals surface area contributed by atoms with Crippen molar-refractivity contribution in [2.45, 2.75) is 0 Å². The van der Waals surface area contributed by atoms with Gasteiger partial charge in [0.25, 0.3) is 5.69 Å². The maximum absolute atomic E-state index is 14.4. The first-order valence-electron chi connectivity index (χ1n) is 31.1. The van der Waals surface area contributed by atoms with E-state index in [1.807, 2.05) is 274 Å². The summed E-state index contributed by atoms with van der Waals surface area (Å²) in [5.41, 5.74) is 18.7. The maximum atomic E-state index is 14.4. The molecule has 8 aromatic carbocycles. The average molecular weight is 1230 g/mol. The molecule has 9 heterocycles. The van der Waals surface area contributed by atoms with E-state index in [0.717, 1.165) is 78.5 Å². The summed E-state index contributed by atoms with van der Waals surface area (Å²) in [6, 6.07) is 85.9. The molecule has 0 spiro atoms. The lowest BCUT2D eigenvalue weighted by Crippen LogP contribution is -1.93. The number of nitrogens with zero attached hydrogens (tertiary/aromatic N) is 11. The molecule has 7 aromatic heterocycles. The first-order chi connectivity index (χ1) is 46.9. The van der Waals surface area contributed by atoms with Crippen LogP contribution in [0.15, 0.2) is 286 Å². The number of aromatic amines is 2. The fourth-order valence-electron chi connectivity index (χ4n) is 12.9. The van der Waals surface area contributed by atoms with Gasteiger partial charge in [-0.3, -0.25) is 10.1 Å². The molecule has 0 saturated heterocycles. The standard InChI is InChI=1S/C80H53N13O2/c94-93(95)71-47-70-74(62-50-91(58-37-21-7-22-38-58)87-78(62)54-29-13-3-14-30-54)68-44-43-66(82-68)72(60-48-89(56-33-17-5-18-34-56)85-76(60)52-25-9-1-10-26-52)64-41-42-65(81-64)73(61-49-90(57-35-19-6-20-36-57)86-77(61)53-27-11-2-12-28-53)67-45-46-69(83-67)75(80(71)84-70)63-51-92(59-39-23-8-24-40-59)88-79(63)55-31-15-4-16-32-55/h1-51,81,84H. The van der Waals surface area contributed by atoms with Crippen LogP contribution in [0.4, 0.5) is 5.69 Å². The average Bonchev–Trinajstić information content (AvgIpc) is 1.61. The molecule has 0 aliphatic carbocycles. The van der Waals surface area contributed by atoms with E-state index in [-0.39, 0.29) is 16.1 Å². The van der Waals surface area contributed by atoms with Gasteiger partial charge in [-0.25, -0.2) is 28.7 Å². The van der Waals surface area contributed by atoms with Gasteiger partial charge in [0.05, 0.1) is 56.0 Å². The number of benzene rings is 8. The highest BCUT2D eigenvalue weighted by molar-refractivity contribution is 6.06. The number of rotatable bonds is 13. The molecule has 0 unspecified atom stereocenters. The highest BCUT2D eigenvalue weighted by Gasteiger charge is 2.30. The zero-order chi connectivity index (χ0) is 63.3. The maximum Gasteiger partial charge on any atom is 0.295 e. The Morgan fingerprint density at radius 2 is 0.568 bits per heavy atom. The summed E-state index contributed by atoms with van der Waals surface area (Å²) in [6.45, 7) is 0. The Labute approximate surface area is 544 Å². The van der Waals surface area contributed by atoms with Gasteiger partial charge in [-0.2, -0.15) is 20.4 Å². The van der Waals surface area contributed by atoms with E-state index in [4.69, 9.17) is 30.4 Å². The monoisotopic (exact) mass is 1230 g/mol. The van der Waals surface area contributed by atoms with Gasteiger partial charge in [-0.05, 0) is 85.0 Å². The number of aromatic nitrogens is 12. The van der Waals surface area contributed by atoms with E-state index >= 15 is 0 Å². The number of para-hydroxylation sites is 4. The third-order valence-corrected chi connectivity index (χ3v) is 17.2. The van der Waals surface area contributed by atoms with Crippen LogP contribution in [0.2, 0.25) is 0 Å². The second-order valence-electron chi connectivity index (χ2n) is 23.1. The van der Waals surface area contributed by atoms with Gasteiger partial charge < -0.3 is 9.97 Å². The molecular formula is C80H53N13O2. The molecular weight excluding hydrogens is 1170 g/mol. The molecule has 15 heteroatoms. The number of hydrogen-bond acceptors (Lipinski definition) is 8. The minimum absolute atomic E-state index is 0.197. The highest BCUT2D eigenvalue weighted by atomic mass is 16.6. The molecule has 2 aliphatic rings. The number of hydrogen-bond donors (Lipinski definition) is 2. The van der Waals surface area contributed by atoms with Crippen LogP contribution < -0.4 is 0 Å².